The van der Waals surface area contributed by atoms with E-state index in [0.717, 1.165) is 6.07 Å². The van der Waals surface area contributed by atoms with Crippen molar-refractivity contribution in [3.05, 3.63) is 87.3 Å². The highest BCUT2D eigenvalue weighted by atomic mass is 35.5. The molecule has 2 amide bonds. The first-order valence-electron chi connectivity index (χ1n) is 9.42. The van der Waals surface area contributed by atoms with E-state index in [0.29, 0.717) is 17.1 Å². The van der Waals surface area contributed by atoms with Gasteiger partial charge in [0.2, 0.25) is 0 Å². The summed E-state index contributed by atoms with van der Waals surface area (Å²) in [6.45, 7) is 2.25. The summed E-state index contributed by atoms with van der Waals surface area (Å²) in [4.78, 5) is 33.4. The molecule has 0 aliphatic carbocycles. The van der Waals surface area contributed by atoms with E-state index in [1.807, 2.05) is 0 Å². The van der Waals surface area contributed by atoms with Gasteiger partial charge >= 0.3 is 0 Å². The number of aromatic nitrogens is 1. The molecule has 0 aliphatic rings. The van der Waals surface area contributed by atoms with Crippen molar-refractivity contribution in [3.8, 4) is 0 Å². The minimum Gasteiger partial charge on any atom is -0.384 e. The topological polar surface area (TPSA) is 109 Å². The number of carbonyl (C=O) groups excluding carboxylic acids is 2. The number of hydrogen-bond donors (Lipinski definition) is 3. The van der Waals surface area contributed by atoms with Gasteiger partial charge in [-0.2, -0.15) is 0 Å². The second-order valence-corrected chi connectivity index (χ2v) is 7.39. The van der Waals surface area contributed by atoms with Gasteiger partial charge in [-0.15, -0.1) is 0 Å². The Morgan fingerprint density at radius 1 is 1.00 bits per heavy atom. The van der Waals surface area contributed by atoms with Gasteiger partial charge in [-0.1, -0.05) is 29.3 Å². The van der Waals surface area contributed by atoms with Crippen molar-refractivity contribution in [1.82, 2.24) is 4.98 Å². The smallest absolute Gasteiger partial charge is 0.258 e. The van der Waals surface area contributed by atoms with Crippen molar-refractivity contribution in [3.63, 3.8) is 0 Å². The molecule has 1 heterocycles. The summed E-state index contributed by atoms with van der Waals surface area (Å²) >= 11 is 11.8. The molecule has 3 rings (SSSR count). The molecule has 4 N–H and O–H groups in total. The average Bonchev–Trinajstić information content (AvgIpc) is 2.76. The summed E-state index contributed by atoms with van der Waals surface area (Å²) in [6, 6.07) is 11.3. The zero-order valence-electron chi connectivity index (χ0n) is 16.8. The first kappa shape index (κ1) is 23.2. The molecule has 0 radical (unpaired) electrons. The Kier molecular flexibility index (Phi) is 7.40. The number of pyridine rings is 1. The first-order valence-corrected chi connectivity index (χ1v) is 10.2. The predicted octanol–water partition coefficient (Wildman–Crippen LogP) is 4.76. The number of benzene rings is 2. The highest BCUT2D eigenvalue weighted by molar-refractivity contribution is 6.31. The summed E-state index contributed by atoms with van der Waals surface area (Å²) in [5.41, 5.74) is 6.13. The van der Waals surface area contributed by atoms with Crippen LogP contribution in [0.5, 0.6) is 0 Å². The van der Waals surface area contributed by atoms with Crippen molar-refractivity contribution in [2.24, 2.45) is 10.7 Å². The number of nitrogens with zero attached hydrogens (tertiary/aromatic N) is 2. The summed E-state index contributed by atoms with van der Waals surface area (Å²) in [7, 11) is 0. The fraction of sp³-hybridized carbons (Fsp3) is 0.0909. The highest BCUT2D eigenvalue weighted by Gasteiger charge is 2.18. The molecule has 7 nitrogen and oxygen atoms in total. The van der Waals surface area contributed by atoms with Crippen molar-refractivity contribution in [2.45, 2.75) is 6.92 Å². The number of rotatable bonds is 6. The Balaban J connectivity index is 1.84. The summed E-state index contributed by atoms with van der Waals surface area (Å²) in [5.74, 6) is -1.67. The number of halogens is 3. The maximum absolute atomic E-state index is 14.6. The summed E-state index contributed by atoms with van der Waals surface area (Å²) in [6.07, 6.45) is 1.38. The van der Waals surface area contributed by atoms with Crippen molar-refractivity contribution < 1.29 is 14.0 Å². The molecule has 0 saturated heterocycles. The lowest BCUT2D eigenvalue weighted by atomic mass is 10.1. The molecule has 0 atom stereocenters. The van der Waals surface area contributed by atoms with Gasteiger partial charge in [0.1, 0.15) is 17.5 Å². The van der Waals surface area contributed by atoms with Gasteiger partial charge in [0.05, 0.1) is 21.8 Å². The first-order chi connectivity index (χ1) is 15.3. The Morgan fingerprint density at radius 2 is 1.72 bits per heavy atom. The van der Waals surface area contributed by atoms with E-state index in [1.165, 1.54) is 42.6 Å². The lowest BCUT2D eigenvalue weighted by Gasteiger charge is -2.13. The van der Waals surface area contributed by atoms with E-state index < -0.39 is 17.6 Å². The van der Waals surface area contributed by atoms with Gasteiger partial charge in [-0.25, -0.2) is 9.37 Å². The number of amidine groups is 1. The Bertz CT molecular complexity index is 1200. The average molecular weight is 474 g/mol. The van der Waals surface area contributed by atoms with Gasteiger partial charge < -0.3 is 16.4 Å². The number of nitrogens with two attached hydrogens (primary N) is 1. The number of aliphatic imine (C=N–C) groups is 1. The SMILES string of the molecule is CCN=C(N)c1ccc(C(=O)Nc2ccc(Cl)cc2C(=O)Nc2ccc(Cl)cn2)c(F)c1. The van der Waals surface area contributed by atoms with E-state index in [-0.39, 0.29) is 33.5 Å². The summed E-state index contributed by atoms with van der Waals surface area (Å²) < 4.78 is 14.6. The van der Waals surface area contributed by atoms with Crippen molar-refractivity contribution in [1.29, 1.82) is 0 Å². The van der Waals surface area contributed by atoms with Gasteiger partial charge in [-0.05, 0) is 49.4 Å². The van der Waals surface area contributed by atoms with Crippen LogP contribution in [-0.4, -0.2) is 29.2 Å². The minimum absolute atomic E-state index is 0.0685. The molecule has 32 heavy (non-hydrogen) atoms. The molecule has 164 valence electrons. The standard InChI is InChI=1S/C22H18Cl2FN5O2/c1-2-27-20(26)12-3-6-15(17(25)9-12)21(31)29-18-7-4-13(23)10-16(18)22(32)30-19-8-5-14(24)11-28-19/h3-11H,2H2,1H3,(H2,26,27)(H,29,31)(H,28,30,32). The maximum atomic E-state index is 14.6. The van der Waals surface area contributed by atoms with Crippen LogP contribution in [-0.2, 0) is 0 Å². The van der Waals surface area contributed by atoms with E-state index in [9.17, 15) is 14.0 Å². The molecule has 0 saturated carbocycles. The fourth-order valence-electron chi connectivity index (χ4n) is 2.76. The highest BCUT2D eigenvalue weighted by Crippen LogP contribution is 2.23. The zero-order chi connectivity index (χ0) is 23.3. The molecule has 0 unspecified atom stereocenters. The number of amides is 2. The van der Waals surface area contributed by atoms with Gasteiger partial charge in [-0.3, -0.25) is 14.6 Å². The maximum Gasteiger partial charge on any atom is 0.258 e. The third-order valence-corrected chi connectivity index (χ3v) is 4.74. The van der Waals surface area contributed by atoms with E-state index in [2.05, 4.69) is 20.6 Å². The van der Waals surface area contributed by atoms with Crippen LogP contribution in [0.3, 0.4) is 0 Å². The lowest BCUT2D eigenvalue weighted by molar-refractivity contribution is 0.102. The fourth-order valence-corrected chi connectivity index (χ4v) is 3.04. The van der Waals surface area contributed by atoms with Gasteiger partial charge in [0.15, 0.2) is 0 Å². The van der Waals surface area contributed by atoms with Crippen LogP contribution in [0.2, 0.25) is 10.0 Å². The Labute approximate surface area is 193 Å². The van der Waals surface area contributed by atoms with Crippen LogP contribution in [0.15, 0.2) is 59.7 Å². The van der Waals surface area contributed by atoms with Crippen LogP contribution >= 0.6 is 23.2 Å². The molecule has 0 spiro atoms. The monoisotopic (exact) mass is 473 g/mol. The second-order valence-electron chi connectivity index (χ2n) is 6.51. The van der Waals surface area contributed by atoms with E-state index >= 15 is 0 Å². The molecule has 0 fully saturated rings. The quantitative estimate of drug-likeness (QED) is 0.354. The number of nitrogens with one attached hydrogen (secondary N) is 2. The third-order valence-electron chi connectivity index (χ3n) is 4.28. The van der Waals surface area contributed by atoms with Crippen LogP contribution in [0.1, 0.15) is 33.2 Å². The number of hydrogen-bond acceptors (Lipinski definition) is 4. The zero-order valence-corrected chi connectivity index (χ0v) is 18.3. The van der Waals surface area contributed by atoms with E-state index in [1.54, 1.807) is 13.0 Å². The summed E-state index contributed by atoms with van der Waals surface area (Å²) in [5, 5.41) is 5.82. The molecular formula is C22H18Cl2FN5O2. The van der Waals surface area contributed by atoms with Gasteiger partial charge in [0, 0.05) is 23.3 Å². The molecule has 1 aromatic heterocycles. The van der Waals surface area contributed by atoms with Crippen LogP contribution in [0, 0.1) is 5.82 Å². The normalized spacial score (nSPS) is 11.2. The van der Waals surface area contributed by atoms with Crippen molar-refractivity contribution in [2.75, 3.05) is 17.2 Å². The van der Waals surface area contributed by atoms with Crippen molar-refractivity contribution >= 4 is 52.4 Å². The molecule has 10 heteroatoms. The number of anilines is 2. The molecule has 0 bridgehead atoms. The third kappa shape index (κ3) is 5.60. The van der Waals surface area contributed by atoms with Crippen LogP contribution < -0.4 is 16.4 Å². The molecule has 0 aliphatic heterocycles. The molecular weight excluding hydrogens is 456 g/mol. The second kappa shape index (κ2) is 10.2. The molecule has 2 aromatic carbocycles. The van der Waals surface area contributed by atoms with Crippen LogP contribution in [0.25, 0.3) is 0 Å². The lowest BCUT2D eigenvalue weighted by Crippen LogP contribution is -2.20. The van der Waals surface area contributed by atoms with Gasteiger partial charge in [0.25, 0.3) is 11.8 Å². The number of carbonyl (C=O) groups is 2. The van der Waals surface area contributed by atoms with Crippen LogP contribution in [0.4, 0.5) is 15.9 Å². The van der Waals surface area contributed by atoms with E-state index in [4.69, 9.17) is 28.9 Å². The molecule has 3 aromatic rings. The minimum atomic E-state index is -0.778. The Morgan fingerprint density at radius 3 is 2.38 bits per heavy atom. The predicted molar refractivity (Wildman–Crippen MR) is 124 cm³/mol. The largest absolute Gasteiger partial charge is 0.384 e. The Hall–Kier alpha value is -3.49.